The third-order valence-corrected chi connectivity index (χ3v) is 5.27. The number of Topliss-reactive ketones (excluding diaryl/α,β-unsaturated/α-hetero) is 1. The van der Waals surface area contributed by atoms with Gasteiger partial charge < -0.3 is 0 Å². The van der Waals surface area contributed by atoms with Gasteiger partial charge in [-0.3, -0.25) is 4.79 Å². The molecule has 1 spiro atoms. The molecular weight excluding hydrogens is 308 g/mol. The van der Waals surface area contributed by atoms with Crippen LogP contribution in [0.15, 0.2) is 58.8 Å². The van der Waals surface area contributed by atoms with Gasteiger partial charge in [-0.25, -0.2) is 0 Å². The first kappa shape index (κ1) is 14.6. The lowest BCUT2D eigenvalue weighted by atomic mass is 9.74. The minimum absolute atomic E-state index is 0.00146. The first-order chi connectivity index (χ1) is 11.2. The molecule has 0 amide bonds. The van der Waals surface area contributed by atoms with Gasteiger partial charge in [0.15, 0.2) is 11.3 Å². The van der Waals surface area contributed by atoms with E-state index in [1.54, 1.807) is 0 Å². The molecule has 0 saturated heterocycles. The van der Waals surface area contributed by atoms with E-state index >= 15 is 0 Å². The van der Waals surface area contributed by atoms with Crippen LogP contribution in [0.5, 0.6) is 0 Å². The van der Waals surface area contributed by atoms with E-state index in [4.69, 9.17) is 11.6 Å². The first-order valence-electron chi connectivity index (χ1n) is 7.97. The predicted octanol–water partition coefficient (Wildman–Crippen LogP) is 4.85. The quantitative estimate of drug-likeness (QED) is 0.739. The highest BCUT2D eigenvalue weighted by atomic mass is 35.5. The monoisotopic (exact) mass is 324 g/mol. The number of azo groups is 1. The van der Waals surface area contributed by atoms with Crippen molar-refractivity contribution in [2.75, 3.05) is 6.54 Å². The number of hydrogen-bond donors (Lipinski definition) is 0. The van der Waals surface area contributed by atoms with Gasteiger partial charge in [-0.15, -0.1) is 0 Å². The Morgan fingerprint density at radius 1 is 1.09 bits per heavy atom. The summed E-state index contributed by atoms with van der Waals surface area (Å²) in [6.07, 6.45) is 2.62. The molecular formula is C19H17ClN2O. The van der Waals surface area contributed by atoms with E-state index in [0.717, 1.165) is 36.0 Å². The van der Waals surface area contributed by atoms with Crippen molar-refractivity contribution in [3.05, 3.63) is 70.2 Å². The maximum Gasteiger partial charge on any atom is 0.193 e. The summed E-state index contributed by atoms with van der Waals surface area (Å²) in [6.45, 7) is 0.565. The van der Waals surface area contributed by atoms with E-state index in [2.05, 4.69) is 16.3 Å². The molecule has 23 heavy (non-hydrogen) atoms. The van der Waals surface area contributed by atoms with E-state index in [9.17, 15) is 4.79 Å². The minimum Gasteiger partial charge on any atom is -0.291 e. The number of rotatable bonds is 1. The van der Waals surface area contributed by atoms with E-state index in [1.165, 1.54) is 0 Å². The summed E-state index contributed by atoms with van der Waals surface area (Å²) < 4.78 is 0. The zero-order valence-corrected chi connectivity index (χ0v) is 13.5. The normalized spacial score (nSPS) is 26.3. The Hall–Kier alpha value is -2.00. The number of carbonyl (C=O) groups excluding carboxylic acids is 1. The molecule has 0 bridgehead atoms. The van der Waals surface area contributed by atoms with Crippen molar-refractivity contribution in [1.29, 1.82) is 0 Å². The molecule has 4 heteroatoms. The van der Waals surface area contributed by atoms with Crippen LogP contribution in [0.4, 0.5) is 0 Å². The van der Waals surface area contributed by atoms with E-state index in [1.807, 2.05) is 42.5 Å². The van der Waals surface area contributed by atoms with Crippen molar-refractivity contribution < 1.29 is 4.79 Å². The molecule has 116 valence electrons. The summed E-state index contributed by atoms with van der Waals surface area (Å²) in [5, 5.41) is 9.47. The first-order valence-corrected chi connectivity index (χ1v) is 8.35. The lowest BCUT2D eigenvalue weighted by Crippen LogP contribution is -2.40. The fourth-order valence-corrected chi connectivity index (χ4v) is 3.95. The van der Waals surface area contributed by atoms with Crippen LogP contribution >= 0.6 is 11.6 Å². The lowest BCUT2D eigenvalue weighted by molar-refractivity contribution is 0.0870. The molecule has 0 unspecified atom stereocenters. The van der Waals surface area contributed by atoms with E-state index in [-0.39, 0.29) is 11.7 Å². The second kappa shape index (κ2) is 5.57. The molecule has 0 saturated carbocycles. The van der Waals surface area contributed by atoms with Gasteiger partial charge in [0.2, 0.25) is 0 Å². The highest BCUT2D eigenvalue weighted by Gasteiger charge is 2.50. The Morgan fingerprint density at radius 2 is 1.87 bits per heavy atom. The lowest BCUT2D eigenvalue weighted by Gasteiger charge is -2.29. The number of carbonyl (C=O) groups is 1. The minimum atomic E-state index is -0.750. The third-order valence-electron chi connectivity index (χ3n) is 5.02. The summed E-state index contributed by atoms with van der Waals surface area (Å²) in [6, 6.07) is 15.6. The average Bonchev–Trinajstić information content (AvgIpc) is 2.94. The third kappa shape index (κ3) is 2.31. The number of hydrogen-bond acceptors (Lipinski definition) is 3. The maximum atomic E-state index is 13.3. The standard InChI is InChI=1S/C19H17ClN2O/c20-15-9-7-14(8-10-15)17-12-21-22-19(17)11-3-5-13-4-1-2-6-16(13)18(19)23/h1-2,4,6-10,17H,3,5,11-12H2/t17-,19-/m1/s1. The van der Waals surface area contributed by atoms with Crippen molar-refractivity contribution in [3.63, 3.8) is 0 Å². The number of nitrogens with zero attached hydrogens (tertiary/aromatic N) is 2. The van der Waals surface area contributed by atoms with Gasteiger partial charge in [0.05, 0.1) is 6.54 Å². The topological polar surface area (TPSA) is 41.8 Å². The largest absolute Gasteiger partial charge is 0.291 e. The van der Waals surface area contributed by atoms with Gasteiger partial charge in [-0.2, -0.15) is 10.2 Å². The fraction of sp³-hybridized carbons (Fsp3) is 0.316. The summed E-state index contributed by atoms with van der Waals surface area (Å²) in [5.74, 6) is 0.116. The number of benzene rings is 2. The second-order valence-electron chi connectivity index (χ2n) is 6.29. The molecule has 2 aromatic carbocycles. The molecule has 4 rings (SSSR count). The number of fused-ring (bicyclic) bond motifs is 1. The van der Waals surface area contributed by atoms with Gasteiger partial charge >= 0.3 is 0 Å². The van der Waals surface area contributed by atoms with Crippen molar-refractivity contribution in [3.8, 4) is 0 Å². The van der Waals surface area contributed by atoms with Gasteiger partial charge in [0.25, 0.3) is 0 Å². The smallest absolute Gasteiger partial charge is 0.193 e. The van der Waals surface area contributed by atoms with E-state index < -0.39 is 5.54 Å². The van der Waals surface area contributed by atoms with Crippen LogP contribution in [-0.4, -0.2) is 17.9 Å². The predicted molar refractivity (Wildman–Crippen MR) is 90.4 cm³/mol. The van der Waals surface area contributed by atoms with Crippen LogP contribution in [0.3, 0.4) is 0 Å². The maximum absolute atomic E-state index is 13.3. The van der Waals surface area contributed by atoms with Crippen LogP contribution in [0, 0.1) is 0 Å². The summed E-state index contributed by atoms with van der Waals surface area (Å²) in [5.41, 5.74) is 2.28. The summed E-state index contributed by atoms with van der Waals surface area (Å²) in [4.78, 5) is 13.3. The molecule has 0 fully saturated rings. The molecule has 2 aromatic rings. The van der Waals surface area contributed by atoms with Crippen LogP contribution in [0.1, 0.15) is 40.2 Å². The Bertz CT molecular complexity index is 784. The molecule has 2 aliphatic rings. The van der Waals surface area contributed by atoms with Crippen LogP contribution in [-0.2, 0) is 6.42 Å². The van der Waals surface area contributed by atoms with E-state index in [0.29, 0.717) is 11.6 Å². The van der Waals surface area contributed by atoms with Crippen LogP contribution < -0.4 is 0 Å². The number of halogens is 1. The Kier molecular flexibility index (Phi) is 3.53. The van der Waals surface area contributed by atoms with Crippen LogP contribution in [0.2, 0.25) is 5.02 Å². The van der Waals surface area contributed by atoms with Crippen molar-refractivity contribution >= 4 is 17.4 Å². The Balaban J connectivity index is 1.80. The summed E-state index contributed by atoms with van der Waals surface area (Å²) >= 11 is 6.00. The van der Waals surface area contributed by atoms with Crippen molar-refractivity contribution in [2.45, 2.75) is 30.7 Å². The Labute approximate surface area is 140 Å². The van der Waals surface area contributed by atoms with Crippen molar-refractivity contribution in [2.24, 2.45) is 10.2 Å². The molecule has 1 aliphatic heterocycles. The Morgan fingerprint density at radius 3 is 2.70 bits per heavy atom. The fourth-order valence-electron chi connectivity index (χ4n) is 3.83. The van der Waals surface area contributed by atoms with Gasteiger partial charge in [-0.1, -0.05) is 48.0 Å². The van der Waals surface area contributed by atoms with Crippen LogP contribution in [0.25, 0.3) is 0 Å². The highest BCUT2D eigenvalue weighted by molar-refractivity contribution is 6.30. The van der Waals surface area contributed by atoms with Gasteiger partial charge in [-0.05, 0) is 42.5 Å². The van der Waals surface area contributed by atoms with Crippen molar-refractivity contribution in [1.82, 2.24) is 0 Å². The SMILES string of the molecule is O=C1c2ccccc2CCC[C@]12N=NC[C@@H]2c1ccc(Cl)cc1. The molecule has 1 heterocycles. The number of aryl methyl sites for hydroxylation is 1. The zero-order chi connectivity index (χ0) is 15.9. The molecule has 1 aliphatic carbocycles. The van der Waals surface area contributed by atoms with Gasteiger partial charge in [0, 0.05) is 16.5 Å². The highest BCUT2D eigenvalue weighted by Crippen LogP contribution is 2.45. The zero-order valence-electron chi connectivity index (χ0n) is 12.7. The molecule has 0 radical (unpaired) electrons. The number of ketones is 1. The molecule has 3 nitrogen and oxygen atoms in total. The second-order valence-corrected chi connectivity index (χ2v) is 6.73. The molecule has 2 atom stereocenters. The molecule has 0 N–H and O–H groups in total. The average molecular weight is 325 g/mol. The summed E-state index contributed by atoms with van der Waals surface area (Å²) in [7, 11) is 0. The van der Waals surface area contributed by atoms with Gasteiger partial charge in [0.1, 0.15) is 0 Å². The molecule has 0 aromatic heterocycles.